The fourth-order valence-corrected chi connectivity index (χ4v) is 8.14. The summed E-state index contributed by atoms with van der Waals surface area (Å²) in [7, 11) is 0. The number of benzene rings is 6. The van der Waals surface area contributed by atoms with Gasteiger partial charge in [-0.1, -0.05) is 18.2 Å². The number of hydrogen-bond donors (Lipinski definition) is 0. The molecule has 0 aliphatic rings. The van der Waals surface area contributed by atoms with E-state index in [0.717, 1.165) is 49.5 Å². The molecule has 9 rings (SSSR count). The summed E-state index contributed by atoms with van der Waals surface area (Å²) in [5.74, 6) is 1.82. The van der Waals surface area contributed by atoms with Crippen LogP contribution in [0.15, 0.2) is 138 Å². The van der Waals surface area contributed by atoms with Gasteiger partial charge in [0.1, 0.15) is 0 Å². The molecule has 0 spiro atoms. The molecule has 0 fully saturated rings. The maximum absolute atomic E-state index is 6.36. The van der Waals surface area contributed by atoms with Gasteiger partial charge < -0.3 is 0 Å². The van der Waals surface area contributed by atoms with Crippen LogP contribution >= 0.6 is 0 Å². The number of rotatable bonds is 4. The van der Waals surface area contributed by atoms with Crippen molar-refractivity contribution < 1.29 is 4.42 Å². The number of fused-ring (bicyclic) bond motifs is 6. The first kappa shape index (κ1) is 25.1. The molecule has 0 bridgehead atoms. The van der Waals surface area contributed by atoms with Crippen LogP contribution in [0.1, 0.15) is 0 Å². The second kappa shape index (κ2) is 10.1. The summed E-state index contributed by atoms with van der Waals surface area (Å²) < 4.78 is 8.84. The number of nitrogens with zero attached hydrogens (tertiary/aromatic N) is 4. The summed E-state index contributed by atoms with van der Waals surface area (Å²) in [4.78, 5) is 20.0. The van der Waals surface area contributed by atoms with E-state index in [0.29, 0.717) is 17.5 Å². The van der Waals surface area contributed by atoms with Gasteiger partial charge in [0.05, 0.1) is 0 Å². The monoisotopic (exact) mass is 630 g/mol. The Morgan fingerprint density at radius 3 is 2.02 bits per heavy atom. The Labute approximate surface area is 258 Å². The van der Waals surface area contributed by atoms with Crippen molar-refractivity contribution in [2.75, 3.05) is 0 Å². The standard InChI is InChI=1S/C38H22N4OSe/c1-3-10-23(11-4-1)35-40-36(42-37(41-35)30-16-9-15-29-28-14-7-8-17-32(28)43-33(29)30)26-18-20-27-25(22-26)19-21-31-34(27)44-38(39-31)24-12-5-2-6-13-24/h1-22H. The van der Waals surface area contributed by atoms with E-state index in [1.165, 1.54) is 19.8 Å². The summed E-state index contributed by atoms with van der Waals surface area (Å²) in [5, 5.41) is 4.49. The second-order valence-corrected chi connectivity index (χ2v) is 12.8. The second-order valence-electron chi connectivity index (χ2n) is 10.7. The van der Waals surface area contributed by atoms with Gasteiger partial charge in [-0.05, 0) is 6.07 Å². The van der Waals surface area contributed by atoms with Gasteiger partial charge in [-0.15, -0.1) is 0 Å². The first-order valence-electron chi connectivity index (χ1n) is 14.4. The zero-order valence-electron chi connectivity index (χ0n) is 23.3. The van der Waals surface area contributed by atoms with Gasteiger partial charge >= 0.3 is 235 Å². The Morgan fingerprint density at radius 2 is 1.18 bits per heavy atom. The molecule has 3 aromatic heterocycles. The van der Waals surface area contributed by atoms with Gasteiger partial charge in [-0.25, -0.2) is 0 Å². The molecular formula is C38H22N4OSe. The van der Waals surface area contributed by atoms with E-state index in [4.69, 9.17) is 24.4 Å². The molecule has 0 N–H and O–H groups in total. The first-order valence-corrected chi connectivity index (χ1v) is 16.1. The quantitative estimate of drug-likeness (QED) is 0.182. The molecule has 0 saturated carbocycles. The Bertz CT molecular complexity index is 2500. The summed E-state index contributed by atoms with van der Waals surface area (Å²) in [6.07, 6.45) is 0. The zero-order chi connectivity index (χ0) is 29.0. The average Bonchev–Trinajstić information content (AvgIpc) is 3.71. The summed E-state index contributed by atoms with van der Waals surface area (Å²) in [5.41, 5.74) is 6.58. The number of aromatic nitrogens is 4. The van der Waals surface area contributed by atoms with Crippen molar-refractivity contribution >= 4 is 57.0 Å². The Morgan fingerprint density at radius 1 is 0.477 bits per heavy atom. The van der Waals surface area contributed by atoms with E-state index < -0.39 is 0 Å². The van der Waals surface area contributed by atoms with Gasteiger partial charge in [0.25, 0.3) is 0 Å². The van der Waals surface area contributed by atoms with Crippen LogP contribution in [-0.4, -0.2) is 34.4 Å². The minimum atomic E-state index is 0.129. The number of furan rings is 1. The summed E-state index contributed by atoms with van der Waals surface area (Å²) in [6, 6.07) is 45.6. The van der Waals surface area contributed by atoms with Gasteiger partial charge in [0.15, 0.2) is 0 Å². The van der Waals surface area contributed by atoms with Crippen molar-refractivity contribution in [3.8, 4) is 44.3 Å². The molecule has 0 aliphatic carbocycles. The zero-order valence-corrected chi connectivity index (χ0v) is 25.0. The first-order chi connectivity index (χ1) is 21.8. The van der Waals surface area contributed by atoms with Crippen LogP contribution in [0, 0.1) is 0 Å². The van der Waals surface area contributed by atoms with Crippen LogP contribution in [0.25, 0.3) is 86.8 Å². The van der Waals surface area contributed by atoms with Gasteiger partial charge in [-0.2, -0.15) is 0 Å². The van der Waals surface area contributed by atoms with Crippen LogP contribution < -0.4 is 0 Å². The van der Waals surface area contributed by atoms with Crippen LogP contribution in [-0.2, 0) is 0 Å². The van der Waals surface area contributed by atoms with Crippen LogP contribution in [0.3, 0.4) is 0 Å². The van der Waals surface area contributed by atoms with Crippen molar-refractivity contribution in [3.05, 3.63) is 133 Å². The van der Waals surface area contributed by atoms with Crippen molar-refractivity contribution in [2.24, 2.45) is 0 Å². The summed E-state index contributed by atoms with van der Waals surface area (Å²) >= 11 is 0.129. The summed E-state index contributed by atoms with van der Waals surface area (Å²) in [6.45, 7) is 0. The molecule has 0 amide bonds. The van der Waals surface area contributed by atoms with E-state index in [2.05, 4.69) is 66.7 Å². The third-order valence-corrected chi connectivity index (χ3v) is 10.4. The predicted molar refractivity (Wildman–Crippen MR) is 179 cm³/mol. The van der Waals surface area contributed by atoms with E-state index in [9.17, 15) is 0 Å². The van der Waals surface area contributed by atoms with Gasteiger partial charge in [0, 0.05) is 0 Å². The SMILES string of the molecule is c1ccc(-c2nc(-c3ccc4c(ccc5nc(-c6ccccc6)[se]c54)c3)nc(-c3cccc4c3oc3ccccc34)n2)cc1. The Hall–Kier alpha value is -5.42. The topological polar surface area (TPSA) is 64.7 Å². The molecule has 44 heavy (non-hydrogen) atoms. The van der Waals surface area contributed by atoms with Gasteiger partial charge in [0.2, 0.25) is 0 Å². The maximum atomic E-state index is 6.36. The van der Waals surface area contributed by atoms with Crippen molar-refractivity contribution in [2.45, 2.75) is 0 Å². The average molecular weight is 630 g/mol. The predicted octanol–water partition coefficient (Wildman–Crippen LogP) is 9.20. The Kier molecular flexibility index (Phi) is 5.76. The molecule has 206 valence electrons. The molecular weight excluding hydrogens is 607 g/mol. The third kappa shape index (κ3) is 4.15. The molecule has 0 unspecified atom stereocenters. The molecule has 5 nitrogen and oxygen atoms in total. The van der Waals surface area contributed by atoms with Crippen LogP contribution in [0.2, 0.25) is 0 Å². The molecule has 9 aromatic rings. The molecule has 0 saturated heterocycles. The normalized spacial score (nSPS) is 11.6. The van der Waals surface area contributed by atoms with Crippen molar-refractivity contribution in [1.82, 2.24) is 19.9 Å². The van der Waals surface area contributed by atoms with Crippen molar-refractivity contribution in [1.29, 1.82) is 0 Å². The molecule has 6 heteroatoms. The molecule has 0 aliphatic heterocycles. The third-order valence-electron chi connectivity index (χ3n) is 7.96. The van der Waals surface area contributed by atoms with Crippen LogP contribution in [0.5, 0.6) is 0 Å². The molecule has 3 heterocycles. The van der Waals surface area contributed by atoms with E-state index in [1.807, 2.05) is 66.7 Å². The molecule has 0 atom stereocenters. The molecule has 6 aromatic carbocycles. The fraction of sp³-hybridized carbons (Fsp3) is 0. The molecule has 0 radical (unpaired) electrons. The fourth-order valence-electron chi connectivity index (χ4n) is 5.82. The Balaban J connectivity index is 1.22. The number of para-hydroxylation sites is 2. The van der Waals surface area contributed by atoms with Crippen LogP contribution in [0.4, 0.5) is 0 Å². The van der Waals surface area contributed by atoms with E-state index >= 15 is 0 Å². The van der Waals surface area contributed by atoms with Gasteiger partial charge in [-0.3, -0.25) is 0 Å². The number of hydrogen-bond acceptors (Lipinski definition) is 5. The van der Waals surface area contributed by atoms with Crippen molar-refractivity contribution in [3.63, 3.8) is 0 Å². The minimum absolute atomic E-state index is 0.129. The van der Waals surface area contributed by atoms with E-state index in [1.54, 1.807) is 0 Å². The van der Waals surface area contributed by atoms with E-state index in [-0.39, 0.29) is 14.5 Å².